The number of rotatable bonds is 1. The third-order valence-electron chi connectivity index (χ3n) is 4.92. The van der Waals surface area contributed by atoms with Crippen LogP contribution in [0.25, 0.3) is 0 Å². The van der Waals surface area contributed by atoms with Gasteiger partial charge in [-0.15, -0.1) is 0 Å². The predicted molar refractivity (Wildman–Crippen MR) is 57.9 cm³/mol. The first-order valence-corrected chi connectivity index (χ1v) is 6.35. The monoisotopic (exact) mass is 222 g/mol. The summed E-state index contributed by atoms with van der Waals surface area (Å²) >= 11 is 0. The molecule has 16 heavy (non-hydrogen) atoms. The molecule has 3 rings (SSSR count). The number of methoxy groups -OCH3 is 1. The standard InChI is InChI=1S/C13H18O3/c1-16-9-6-5-7-3-2-4-8-10(7)11(9)13(15)12(8)14/h7-11H,2-6H2,1H3. The van der Waals surface area contributed by atoms with Gasteiger partial charge in [0, 0.05) is 13.0 Å². The number of hydrogen-bond donors (Lipinski definition) is 0. The van der Waals surface area contributed by atoms with Crippen molar-refractivity contribution < 1.29 is 14.3 Å². The van der Waals surface area contributed by atoms with E-state index >= 15 is 0 Å². The maximum absolute atomic E-state index is 12.0. The fourth-order valence-electron chi connectivity index (χ4n) is 4.26. The van der Waals surface area contributed by atoms with Crippen LogP contribution in [0.15, 0.2) is 0 Å². The maximum atomic E-state index is 12.0. The summed E-state index contributed by atoms with van der Waals surface area (Å²) in [6.07, 6.45) is 5.34. The molecular formula is C13H18O3. The molecule has 0 saturated heterocycles. The first-order valence-electron chi connectivity index (χ1n) is 6.35. The fraction of sp³-hybridized carbons (Fsp3) is 0.846. The molecule has 0 heterocycles. The van der Waals surface area contributed by atoms with Crippen molar-refractivity contribution in [3.05, 3.63) is 0 Å². The van der Waals surface area contributed by atoms with E-state index in [0.717, 1.165) is 25.7 Å². The largest absolute Gasteiger partial charge is 0.381 e. The molecule has 0 N–H and O–H groups in total. The Labute approximate surface area is 95.5 Å². The van der Waals surface area contributed by atoms with Crippen molar-refractivity contribution >= 4 is 11.6 Å². The summed E-state index contributed by atoms with van der Waals surface area (Å²) in [5.74, 6) is 0.617. The number of ether oxygens (including phenoxy) is 1. The Morgan fingerprint density at radius 1 is 1.06 bits per heavy atom. The second-order valence-electron chi connectivity index (χ2n) is 5.48. The van der Waals surface area contributed by atoms with Gasteiger partial charge in [-0.05, 0) is 31.1 Å². The molecule has 88 valence electrons. The minimum Gasteiger partial charge on any atom is -0.381 e. The van der Waals surface area contributed by atoms with Gasteiger partial charge < -0.3 is 4.74 Å². The summed E-state index contributed by atoms with van der Waals surface area (Å²) in [5.41, 5.74) is 0. The van der Waals surface area contributed by atoms with Gasteiger partial charge in [-0.25, -0.2) is 0 Å². The van der Waals surface area contributed by atoms with Crippen LogP contribution < -0.4 is 0 Å². The molecule has 3 nitrogen and oxygen atoms in total. The zero-order valence-electron chi connectivity index (χ0n) is 9.65. The van der Waals surface area contributed by atoms with E-state index in [4.69, 9.17) is 4.74 Å². The van der Waals surface area contributed by atoms with E-state index in [-0.39, 0.29) is 29.5 Å². The maximum Gasteiger partial charge on any atom is 0.204 e. The van der Waals surface area contributed by atoms with Crippen LogP contribution in [0, 0.1) is 23.7 Å². The van der Waals surface area contributed by atoms with Gasteiger partial charge >= 0.3 is 0 Å². The van der Waals surface area contributed by atoms with Gasteiger partial charge in [0.25, 0.3) is 0 Å². The van der Waals surface area contributed by atoms with Crippen molar-refractivity contribution in [2.45, 2.75) is 38.2 Å². The van der Waals surface area contributed by atoms with E-state index in [2.05, 4.69) is 0 Å². The quantitative estimate of drug-likeness (QED) is 0.633. The molecule has 3 aliphatic rings. The smallest absolute Gasteiger partial charge is 0.204 e. The molecule has 0 radical (unpaired) electrons. The van der Waals surface area contributed by atoms with Crippen molar-refractivity contribution in [3.63, 3.8) is 0 Å². The van der Waals surface area contributed by atoms with Crippen LogP contribution in [0.4, 0.5) is 0 Å². The Morgan fingerprint density at radius 2 is 1.88 bits per heavy atom. The van der Waals surface area contributed by atoms with E-state index in [0.29, 0.717) is 11.8 Å². The summed E-state index contributed by atoms with van der Waals surface area (Å²) in [6, 6.07) is 0. The highest BCUT2D eigenvalue weighted by molar-refractivity contribution is 6.41. The summed E-state index contributed by atoms with van der Waals surface area (Å²) < 4.78 is 5.42. The Morgan fingerprint density at radius 3 is 2.62 bits per heavy atom. The first kappa shape index (κ1) is 10.5. The van der Waals surface area contributed by atoms with Crippen LogP contribution in [-0.2, 0) is 14.3 Å². The molecule has 0 aromatic carbocycles. The van der Waals surface area contributed by atoms with E-state index in [9.17, 15) is 9.59 Å². The van der Waals surface area contributed by atoms with Gasteiger partial charge in [0.2, 0.25) is 11.6 Å². The highest BCUT2D eigenvalue weighted by Gasteiger charge is 2.57. The van der Waals surface area contributed by atoms with Crippen molar-refractivity contribution in [3.8, 4) is 0 Å². The van der Waals surface area contributed by atoms with E-state index in [1.165, 1.54) is 6.42 Å². The lowest BCUT2D eigenvalue weighted by molar-refractivity contribution is -0.139. The molecule has 0 spiro atoms. The topological polar surface area (TPSA) is 43.4 Å². The number of Topliss-reactive ketones (excluding diaryl/α,β-unsaturated/α-hetero) is 2. The molecule has 3 fully saturated rings. The second kappa shape index (κ2) is 3.66. The highest BCUT2D eigenvalue weighted by Crippen LogP contribution is 2.52. The highest BCUT2D eigenvalue weighted by atomic mass is 16.5. The van der Waals surface area contributed by atoms with Gasteiger partial charge in [0.15, 0.2) is 0 Å². The molecule has 5 unspecified atom stereocenters. The van der Waals surface area contributed by atoms with Gasteiger partial charge in [-0.1, -0.05) is 12.8 Å². The Bertz CT molecular complexity index is 336. The number of ketones is 2. The normalized spacial score (nSPS) is 46.9. The molecule has 3 aliphatic carbocycles. The number of carbonyl (C=O) groups excluding carboxylic acids is 2. The predicted octanol–water partition coefficient (Wildman–Crippen LogP) is 1.60. The Hall–Kier alpha value is -0.700. The summed E-state index contributed by atoms with van der Waals surface area (Å²) in [4.78, 5) is 24.0. The average molecular weight is 222 g/mol. The van der Waals surface area contributed by atoms with Crippen molar-refractivity contribution in [2.24, 2.45) is 23.7 Å². The summed E-state index contributed by atoms with van der Waals surface area (Å²) in [6.45, 7) is 0. The zero-order valence-corrected chi connectivity index (χ0v) is 9.65. The minimum atomic E-state index is -0.131. The molecular weight excluding hydrogens is 204 g/mol. The van der Waals surface area contributed by atoms with Crippen LogP contribution in [0.1, 0.15) is 32.1 Å². The van der Waals surface area contributed by atoms with Crippen molar-refractivity contribution in [1.82, 2.24) is 0 Å². The molecule has 5 atom stereocenters. The summed E-state index contributed by atoms with van der Waals surface area (Å²) in [7, 11) is 1.67. The Kier molecular flexibility index (Phi) is 2.39. The fourth-order valence-corrected chi connectivity index (χ4v) is 4.26. The lowest BCUT2D eigenvalue weighted by Crippen LogP contribution is -2.42. The third kappa shape index (κ3) is 1.24. The zero-order chi connectivity index (χ0) is 11.3. The second-order valence-corrected chi connectivity index (χ2v) is 5.48. The van der Waals surface area contributed by atoms with E-state index in [1.807, 2.05) is 0 Å². The molecule has 0 amide bonds. The molecule has 0 aliphatic heterocycles. The lowest BCUT2D eigenvalue weighted by atomic mass is 9.64. The van der Waals surface area contributed by atoms with Gasteiger partial charge in [0.1, 0.15) is 0 Å². The minimum absolute atomic E-state index is 0.000741. The molecule has 3 heteroatoms. The van der Waals surface area contributed by atoms with Crippen LogP contribution in [0.3, 0.4) is 0 Å². The summed E-state index contributed by atoms with van der Waals surface area (Å²) in [5, 5.41) is 0. The van der Waals surface area contributed by atoms with Crippen LogP contribution in [0.2, 0.25) is 0 Å². The first-order chi connectivity index (χ1) is 7.74. The van der Waals surface area contributed by atoms with Crippen LogP contribution >= 0.6 is 0 Å². The van der Waals surface area contributed by atoms with Crippen LogP contribution in [0.5, 0.6) is 0 Å². The van der Waals surface area contributed by atoms with Crippen molar-refractivity contribution in [2.75, 3.05) is 7.11 Å². The van der Waals surface area contributed by atoms with Crippen molar-refractivity contribution in [1.29, 1.82) is 0 Å². The lowest BCUT2D eigenvalue weighted by Gasteiger charge is -2.42. The molecule has 0 aromatic rings. The van der Waals surface area contributed by atoms with Crippen LogP contribution in [-0.4, -0.2) is 24.8 Å². The third-order valence-corrected chi connectivity index (χ3v) is 4.92. The van der Waals surface area contributed by atoms with Gasteiger partial charge in [-0.2, -0.15) is 0 Å². The molecule has 3 saturated carbocycles. The molecule has 0 bridgehead atoms. The average Bonchev–Trinajstić information content (AvgIpc) is 2.58. The van der Waals surface area contributed by atoms with E-state index in [1.54, 1.807) is 7.11 Å². The van der Waals surface area contributed by atoms with E-state index < -0.39 is 0 Å². The Balaban J connectivity index is 1.97. The van der Waals surface area contributed by atoms with Gasteiger partial charge in [-0.3, -0.25) is 9.59 Å². The number of hydrogen-bond acceptors (Lipinski definition) is 3. The van der Waals surface area contributed by atoms with Gasteiger partial charge in [0.05, 0.1) is 12.0 Å². The number of carbonyl (C=O) groups is 2. The SMILES string of the molecule is COC1CCC2CCCC3C(=O)C(=O)C1C23. The molecule has 0 aromatic heterocycles.